The summed E-state index contributed by atoms with van der Waals surface area (Å²) in [5.74, 6) is 1.84. The Morgan fingerprint density at radius 2 is 2.37 bits per heavy atom. The zero-order valence-corrected chi connectivity index (χ0v) is 12.8. The molecule has 2 rings (SSSR count). The summed E-state index contributed by atoms with van der Waals surface area (Å²) in [5, 5.41) is 15.2. The van der Waals surface area contributed by atoms with Gasteiger partial charge < -0.3 is 15.2 Å². The van der Waals surface area contributed by atoms with Crippen molar-refractivity contribution >= 4 is 30.1 Å². The first-order valence-electron chi connectivity index (χ1n) is 6.15. The number of nitrogens with zero attached hydrogens (tertiary/aromatic N) is 3. The number of hydrogen-bond donors (Lipinski definition) is 2. The highest BCUT2D eigenvalue weighted by Crippen LogP contribution is 2.24. The summed E-state index contributed by atoms with van der Waals surface area (Å²) in [5.41, 5.74) is 0. The fourth-order valence-electron chi connectivity index (χ4n) is 2.08. The highest BCUT2D eigenvalue weighted by atomic mass is 35.5. The smallest absolute Gasteiger partial charge is 0.230 e. The van der Waals surface area contributed by atoms with Crippen molar-refractivity contribution in [1.82, 2.24) is 25.4 Å². The third-order valence-electron chi connectivity index (χ3n) is 3.14. The van der Waals surface area contributed by atoms with Crippen molar-refractivity contribution in [2.75, 3.05) is 25.9 Å². The van der Waals surface area contributed by atoms with E-state index in [1.807, 2.05) is 11.6 Å². The number of nitrogens with one attached hydrogen (secondary N) is 2. The summed E-state index contributed by atoms with van der Waals surface area (Å²) in [4.78, 5) is 11.2. The van der Waals surface area contributed by atoms with E-state index < -0.39 is 0 Å². The maximum Gasteiger partial charge on any atom is 0.230 e. The Morgan fingerprint density at radius 1 is 1.58 bits per heavy atom. The zero-order valence-electron chi connectivity index (χ0n) is 11.2. The van der Waals surface area contributed by atoms with Crippen molar-refractivity contribution in [3.63, 3.8) is 0 Å². The molecule has 0 bridgehead atoms. The lowest BCUT2D eigenvalue weighted by Gasteiger charge is -2.21. The first-order chi connectivity index (χ1) is 8.72. The predicted octanol–water partition coefficient (Wildman–Crippen LogP) is 0.542. The van der Waals surface area contributed by atoms with Crippen molar-refractivity contribution in [2.45, 2.75) is 23.9 Å². The molecular formula is C11H20ClN5OS. The average molecular weight is 306 g/mol. The van der Waals surface area contributed by atoms with Crippen molar-refractivity contribution in [3.05, 3.63) is 5.82 Å². The molecule has 1 aromatic rings. The SMILES string of the molecule is CNC(=O)CSc1nnc(C2CCCNC2)n1C.Cl. The Balaban J connectivity index is 0.00000180. The molecule has 0 aromatic carbocycles. The number of carbonyl (C=O) groups is 1. The molecule has 1 atom stereocenters. The Bertz CT molecular complexity index is 419. The summed E-state index contributed by atoms with van der Waals surface area (Å²) in [6.07, 6.45) is 2.33. The van der Waals surface area contributed by atoms with Crippen molar-refractivity contribution in [1.29, 1.82) is 0 Å². The van der Waals surface area contributed by atoms with Gasteiger partial charge in [0, 0.05) is 26.6 Å². The first-order valence-corrected chi connectivity index (χ1v) is 7.14. The average Bonchev–Trinajstić information content (AvgIpc) is 2.78. The van der Waals surface area contributed by atoms with E-state index in [1.54, 1.807) is 7.05 Å². The normalized spacial score (nSPS) is 18.7. The standard InChI is InChI=1S/C11H19N5OS.ClH/c1-12-9(17)7-18-11-15-14-10(16(11)2)8-4-3-5-13-6-8;/h8,13H,3-7H2,1-2H3,(H,12,17);1H. The second kappa shape index (κ2) is 7.72. The number of carbonyl (C=O) groups excluding carboxylic acids is 1. The van der Waals surface area contributed by atoms with Gasteiger partial charge in [-0.25, -0.2) is 0 Å². The summed E-state index contributed by atoms with van der Waals surface area (Å²) in [7, 11) is 3.61. The first kappa shape index (κ1) is 16.3. The Hall–Kier alpha value is -0.790. The molecule has 8 heteroatoms. The molecule has 6 nitrogen and oxygen atoms in total. The van der Waals surface area contributed by atoms with E-state index in [2.05, 4.69) is 20.8 Å². The minimum atomic E-state index is 0. The monoisotopic (exact) mass is 305 g/mol. The fourth-order valence-corrected chi connectivity index (χ4v) is 2.87. The van der Waals surface area contributed by atoms with Gasteiger partial charge in [0.1, 0.15) is 5.82 Å². The van der Waals surface area contributed by atoms with Crippen LogP contribution in [0.5, 0.6) is 0 Å². The largest absolute Gasteiger partial charge is 0.358 e. The second-order valence-corrected chi connectivity index (χ2v) is 5.35. The molecule has 2 heterocycles. The molecule has 0 spiro atoms. The number of aromatic nitrogens is 3. The number of thioether (sulfide) groups is 1. The van der Waals surface area contributed by atoms with Crippen molar-refractivity contribution < 1.29 is 4.79 Å². The van der Waals surface area contributed by atoms with E-state index in [9.17, 15) is 4.79 Å². The molecule has 0 radical (unpaired) electrons. The lowest BCUT2D eigenvalue weighted by Crippen LogP contribution is -2.29. The lowest BCUT2D eigenvalue weighted by atomic mass is 9.99. The number of rotatable bonds is 4. The van der Waals surface area contributed by atoms with Gasteiger partial charge >= 0.3 is 0 Å². The highest BCUT2D eigenvalue weighted by molar-refractivity contribution is 7.99. The van der Waals surface area contributed by atoms with Gasteiger partial charge in [-0.05, 0) is 19.4 Å². The van der Waals surface area contributed by atoms with Crippen LogP contribution in [0.15, 0.2) is 5.16 Å². The van der Waals surface area contributed by atoms with E-state index in [1.165, 1.54) is 18.2 Å². The topological polar surface area (TPSA) is 71.8 Å². The van der Waals surface area contributed by atoms with Crippen molar-refractivity contribution in [2.24, 2.45) is 7.05 Å². The van der Waals surface area contributed by atoms with Gasteiger partial charge in [0.05, 0.1) is 5.75 Å². The summed E-state index contributed by atoms with van der Waals surface area (Å²) >= 11 is 1.42. The van der Waals surface area contributed by atoms with Gasteiger partial charge in [0.2, 0.25) is 5.91 Å². The summed E-state index contributed by atoms with van der Waals surface area (Å²) < 4.78 is 2.01. The molecular weight excluding hydrogens is 286 g/mol. The molecule has 1 aromatic heterocycles. The molecule has 1 aliphatic rings. The second-order valence-electron chi connectivity index (χ2n) is 4.40. The van der Waals surface area contributed by atoms with Gasteiger partial charge in [0.15, 0.2) is 5.16 Å². The molecule has 2 N–H and O–H groups in total. The highest BCUT2D eigenvalue weighted by Gasteiger charge is 2.21. The van der Waals surface area contributed by atoms with E-state index in [-0.39, 0.29) is 18.3 Å². The van der Waals surface area contributed by atoms with Crippen LogP contribution in [0.3, 0.4) is 0 Å². The zero-order chi connectivity index (χ0) is 13.0. The Morgan fingerprint density at radius 3 is 3.00 bits per heavy atom. The Kier molecular flexibility index (Phi) is 6.60. The maximum absolute atomic E-state index is 11.2. The van der Waals surface area contributed by atoms with E-state index in [0.29, 0.717) is 11.7 Å². The van der Waals surface area contributed by atoms with Gasteiger partial charge in [-0.3, -0.25) is 4.79 Å². The Labute approximate surface area is 123 Å². The number of hydrogen-bond acceptors (Lipinski definition) is 5. The summed E-state index contributed by atoms with van der Waals surface area (Å²) in [6.45, 7) is 2.05. The van der Waals surface area contributed by atoms with Gasteiger partial charge in [-0.1, -0.05) is 11.8 Å². The quantitative estimate of drug-likeness (QED) is 0.795. The molecule has 108 valence electrons. The third kappa shape index (κ3) is 4.09. The summed E-state index contributed by atoms with van der Waals surface area (Å²) in [6, 6.07) is 0. The van der Waals surface area contributed by atoms with Gasteiger partial charge in [-0.2, -0.15) is 0 Å². The number of halogens is 1. The van der Waals surface area contributed by atoms with Crippen LogP contribution in [0.2, 0.25) is 0 Å². The van der Waals surface area contributed by atoms with Gasteiger partial charge in [0.25, 0.3) is 0 Å². The van der Waals surface area contributed by atoms with E-state index in [4.69, 9.17) is 0 Å². The van der Waals surface area contributed by atoms with Crippen molar-refractivity contribution in [3.8, 4) is 0 Å². The van der Waals surface area contributed by atoms with Gasteiger partial charge in [-0.15, -0.1) is 22.6 Å². The van der Waals surface area contributed by atoms with E-state index >= 15 is 0 Å². The molecule has 0 saturated carbocycles. The fraction of sp³-hybridized carbons (Fsp3) is 0.727. The number of piperidine rings is 1. The van der Waals surface area contributed by atoms with Crippen LogP contribution in [0.25, 0.3) is 0 Å². The lowest BCUT2D eigenvalue weighted by molar-refractivity contribution is -0.118. The number of amides is 1. The molecule has 1 unspecified atom stereocenters. The molecule has 19 heavy (non-hydrogen) atoms. The minimum Gasteiger partial charge on any atom is -0.358 e. The predicted molar refractivity (Wildman–Crippen MR) is 77.9 cm³/mol. The van der Waals surface area contributed by atoms with Crippen LogP contribution in [0.4, 0.5) is 0 Å². The van der Waals surface area contributed by atoms with Crippen LogP contribution in [0.1, 0.15) is 24.6 Å². The van der Waals surface area contributed by atoms with E-state index in [0.717, 1.165) is 30.5 Å². The molecule has 1 amide bonds. The van der Waals surface area contributed by atoms with Crippen LogP contribution in [-0.2, 0) is 11.8 Å². The molecule has 1 fully saturated rings. The van der Waals surface area contributed by atoms with Crippen LogP contribution >= 0.6 is 24.2 Å². The maximum atomic E-state index is 11.2. The molecule has 1 aliphatic heterocycles. The van der Waals surface area contributed by atoms with Crippen LogP contribution in [-0.4, -0.2) is 46.6 Å². The third-order valence-corrected chi connectivity index (χ3v) is 4.16. The molecule has 0 aliphatic carbocycles. The van der Waals surface area contributed by atoms with Crippen LogP contribution in [0, 0.1) is 0 Å². The van der Waals surface area contributed by atoms with Crippen LogP contribution < -0.4 is 10.6 Å². The minimum absolute atomic E-state index is 0. The molecule has 1 saturated heterocycles.